The van der Waals surface area contributed by atoms with Crippen molar-refractivity contribution >= 4 is 16.8 Å². The topological polar surface area (TPSA) is 33.5 Å². The van der Waals surface area contributed by atoms with Crippen LogP contribution in [0.4, 0.5) is 0 Å². The van der Waals surface area contributed by atoms with Gasteiger partial charge in [-0.2, -0.15) is 0 Å². The third kappa shape index (κ3) is 3.35. The molecule has 1 aromatic rings. The van der Waals surface area contributed by atoms with Crippen molar-refractivity contribution < 1.29 is 9.21 Å². The van der Waals surface area contributed by atoms with Crippen molar-refractivity contribution in [2.75, 3.05) is 13.6 Å². The Morgan fingerprint density at radius 3 is 2.75 bits per heavy atom. The van der Waals surface area contributed by atoms with Crippen molar-refractivity contribution in [3.8, 4) is 0 Å². The molecule has 0 aromatic carbocycles. The molecule has 16 heavy (non-hydrogen) atoms. The highest BCUT2D eigenvalue weighted by molar-refractivity contribution is 6.67. The molecule has 0 fully saturated rings. The second-order valence-corrected chi connectivity index (χ2v) is 4.33. The first-order valence-corrected chi connectivity index (χ1v) is 5.93. The largest absolute Gasteiger partial charge is 0.455 e. The van der Waals surface area contributed by atoms with Gasteiger partial charge in [-0.3, -0.25) is 9.69 Å². The number of carbonyl (C=O) groups excluding carboxylic acids is 1. The van der Waals surface area contributed by atoms with Gasteiger partial charge in [-0.1, -0.05) is 13.3 Å². The van der Waals surface area contributed by atoms with Crippen LogP contribution in [0.1, 0.15) is 49.0 Å². The molecule has 4 heteroatoms. The Morgan fingerprint density at radius 2 is 2.25 bits per heavy atom. The Kier molecular flexibility index (Phi) is 5.03. The summed E-state index contributed by atoms with van der Waals surface area (Å²) in [6, 6.07) is 3.59. The number of rotatable bonds is 6. The van der Waals surface area contributed by atoms with E-state index in [0.717, 1.165) is 18.7 Å². The van der Waals surface area contributed by atoms with E-state index in [-0.39, 0.29) is 11.8 Å². The first kappa shape index (κ1) is 13.3. The summed E-state index contributed by atoms with van der Waals surface area (Å²) < 4.78 is 5.38. The lowest BCUT2D eigenvalue weighted by Gasteiger charge is -2.22. The van der Waals surface area contributed by atoms with Gasteiger partial charge in [-0.05, 0) is 50.7 Å². The van der Waals surface area contributed by atoms with Gasteiger partial charge in [0.1, 0.15) is 5.76 Å². The van der Waals surface area contributed by atoms with Crippen LogP contribution in [-0.4, -0.2) is 23.7 Å². The fourth-order valence-electron chi connectivity index (χ4n) is 1.50. The molecule has 0 saturated heterocycles. The quantitative estimate of drug-likeness (QED) is 0.718. The molecule has 0 N–H and O–H groups in total. The summed E-state index contributed by atoms with van der Waals surface area (Å²) >= 11 is 5.34. The molecule has 1 rings (SSSR count). The molecule has 0 bridgehead atoms. The van der Waals surface area contributed by atoms with Crippen LogP contribution in [0, 0.1) is 0 Å². The van der Waals surface area contributed by atoms with E-state index in [0.29, 0.717) is 0 Å². The van der Waals surface area contributed by atoms with E-state index in [1.165, 1.54) is 6.42 Å². The third-order valence-electron chi connectivity index (χ3n) is 2.76. The van der Waals surface area contributed by atoms with Crippen molar-refractivity contribution in [1.82, 2.24) is 4.90 Å². The number of hydrogen-bond acceptors (Lipinski definition) is 3. The van der Waals surface area contributed by atoms with Crippen LogP contribution >= 0.6 is 11.6 Å². The molecule has 1 aromatic heterocycles. The molecular weight excluding hydrogens is 226 g/mol. The summed E-state index contributed by atoms with van der Waals surface area (Å²) in [5.41, 5.74) is 0. The molecule has 0 aliphatic heterocycles. The van der Waals surface area contributed by atoms with Gasteiger partial charge in [0.15, 0.2) is 5.76 Å². The molecule has 90 valence electrons. The number of carbonyl (C=O) groups is 1. The summed E-state index contributed by atoms with van der Waals surface area (Å²) in [6.07, 6.45) is 2.32. The Balaban J connectivity index is 2.64. The minimum absolute atomic E-state index is 0.163. The summed E-state index contributed by atoms with van der Waals surface area (Å²) in [6.45, 7) is 5.23. The van der Waals surface area contributed by atoms with Gasteiger partial charge < -0.3 is 4.42 Å². The van der Waals surface area contributed by atoms with Crippen molar-refractivity contribution in [2.45, 2.75) is 32.7 Å². The average Bonchev–Trinajstić information content (AvgIpc) is 2.74. The zero-order valence-corrected chi connectivity index (χ0v) is 10.8. The van der Waals surface area contributed by atoms with Gasteiger partial charge in [-0.15, -0.1) is 0 Å². The molecule has 0 amide bonds. The summed E-state index contributed by atoms with van der Waals surface area (Å²) in [5.74, 6) is 0.995. The molecule has 3 nitrogen and oxygen atoms in total. The van der Waals surface area contributed by atoms with Gasteiger partial charge in [0.2, 0.25) is 0 Å². The van der Waals surface area contributed by atoms with Gasteiger partial charge >= 0.3 is 0 Å². The van der Waals surface area contributed by atoms with Crippen LogP contribution in [0.25, 0.3) is 0 Å². The lowest BCUT2D eigenvalue weighted by molar-refractivity contribution is 0.105. The van der Waals surface area contributed by atoms with Crippen LogP contribution in [0.2, 0.25) is 0 Å². The van der Waals surface area contributed by atoms with Crippen molar-refractivity contribution in [3.63, 3.8) is 0 Å². The highest BCUT2D eigenvalue weighted by Crippen LogP contribution is 2.22. The maximum atomic E-state index is 10.9. The monoisotopic (exact) mass is 243 g/mol. The maximum absolute atomic E-state index is 10.9. The van der Waals surface area contributed by atoms with E-state index in [2.05, 4.69) is 18.7 Å². The van der Waals surface area contributed by atoms with Gasteiger partial charge in [0.05, 0.1) is 6.04 Å². The van der Waals surface area contributed by atoms with E-state index < -0.39 is 5.24 Å². The second-order valence-electron chi connectivity index (χ2n) is 3.99. The average molecular weight is 244 g/mol. The lowest BCUT2D eigenvalue weighted by Crippen LogP contribution is -2.23. The van der Waals surface area contributed by atoms with E-state index in [9.17, 15) is 4.79 Å². The summed E-state index contributed by atoms with van der Waals surface area (Å²) in [5, 5.41) is -0.547. The highest BCUT2D eigenvalue weighted by Gasteiger charge is 2.16. The summed E-state index contributed by atoms with van der Waals surface area (Å²) in [4.78, 5) is 13.1. The van der Waals surface area contributed by atoms with Crippen molar-refractivity contribution in [3.05, 3.63) is 23.7 Å². The molecule has 1 heterocycles. The number of unbranched alkanes of at least 4 members (excludes halogenated alkanes) is 1. The van der Waals surface area contributed by atoms with Crippen molar-refractivity contribution in [1.29, 1.82) is 0 Å². The first-order valence-electron chi connectivity index (χ1n) is 5.56. The van der Waals surface area contributed by atoms with E-state index in [1.54, 1.807) is 6.07 Å². The van der Waals surface area contributed by atoms with Gasteiger partial charge in [0.25, 0.3) is 5.24 Å². The first-order chi connectivity index (χ1) is 7.56. The van der Waals surface area contributed by atoms with Gasteiger partial charge in [-0.25, -0.2) is 0 Å². The molecule has 1 atom stereocenters. The smallest absolute Gasteiger partial charge is 0.287 e. The predicted octanol–water partition coefficient (Wildman–Crippen LogP) is 3.45. The van der Waals surface area contributed by atoms with E-state index in [4.69, 9.17) is 16.0 Å². The van der Waals surface area contributed by atoms with Crippen LogP contribution < -0.4 is 0 Å². The Morgan fingerprint density at radius 1 is 1.56 bits per heavy atom. The molecule has 0 aliphatic carbocycles. The number of hydrogen-bond donors (Lipinski definition) is 0. The van der Waals surface area contributed by atoms with E-state index in [1.807, 2.05) is 13.1 Å². The number of furan rings is 1. The molecule has 0 spiro atoms. The molecule has 0 radical (unpaired) electrons. The number of nitrogens with zero attached hydrogens (tertiary/aromatic N) is 1. The Bertz CT molecular complexity index is 349. The summed E-state index contributed by atoms with van der Waals surface area (Å²) in [7, 11) is 2.05. The SMILES string of the molecule is CCCCN(C)C(C)c1ccc(C(=O)Cl)o1. The van der Waals surface area contributed by atoms with Crippen LogP contribution in [0.15, 0.2) is 16.5 Å². The fraction of sp³-hybridized carbons (Fsp3) is 0.583. The normalized spacial score (nSPS) is 13.1. The maximum Gasteiger partial charge on any atom is 0.287 e. The third-order valence-corrected chi connectivity index (χ3v) is 2.94. The molecule has 0 saturated carbocycles. The van der Waals surface area contributed by atoms with Gasteiger partial charge in [0, 0.05) is 0 Å². The minimum atomic E-state index is -0.547. The minimum Gasteiger partial charge on any atom is -0.455 e. The Hall–Kier alpha value is -0.800. The van der Waals surface area contributed by atoms with Crippen LogP contribution in [-0.2, 0) is 0 Å². The lowest BCUT2D eigenvalue weighted by atomic mass is 10.2. The molecular formula is C12H18ClNO2. The molecule has 0 aliphatic rings. The molecule has 1 unspecified atom stereocenters. The van der Waals surface area contributed by atoms with E-state index >= 15 is 0 Å². The highest BCUT2D eigenvalue weighted by atomic mass is 35.5. The number of halogens is 1. The standard InChI is InChI=1S/C12H18ClNO2/c1-4-5-8-14(3)9(2)10-6-7-11(16-10)12(13)15/h6-7,9H,4-5,8H2,1-3H3. The zero-order chi connectivity index (χ0) is 12.1. The van der Waals surface area contributed by atoms with Crippen molar-refractivity contribution in [2.24, 2.45) is 0 Å². The second kappa shape index (κ2) is 6.06. The zero-order valence-electron chi connectivity index (χ0n) is 10.00. The Labute approximate surface area is 101 Å². The van der Waals surface area contributed by atoms with Crippen LogP contribution in [0.3, 0.4) is 0 Å². The van der Waals surface area contributed by atoms with Crippen LogP contribution in [0.5, 0.6) is 0 Å². The predicted molar refractivity (Wildman–Crippen MR) is 64.8 cm³/mol. The fourth-order valence-corrected chi connectivity index (χ4v) is 1.60.